The summed E-state index contributed by atoms with van der Waals surface area (Å²) in [6.07, 6.45) is 8.69. The zero-order chi connectivity index (χ0) is 11.5. The minimum Gasteiger partial charge on any atom is -0.256 e. The quantitative estimate of drug-likeness (QED) is 0.840. The summed E-state index contributed by atoms with van der Waals surface area (Å²) < 4.78 is 4.96. The molecule has 1 saturated carbocycles. The minimum atomic E-state index is 0.697. The molecule has 3 rings (SSSR count). The molecular formula is C13H16N2S2. The molecule has 1 N–H and O–H groups in total. The second kappa shape index (κ2) is 5.38. The van der Waals surface area contributed by atoms with E-state index in [-0.39, 0.29) is 0 Å². The molecule has 0 atom stereocenters. The van der Waals surface area contributed by atoms with Crippen LogP contribution in [0.4, 0.5) is 0 Å². The lowest BCUT2D eigenvalue weighted by Gasteiger charge is -2.21. The molecule has 2 aromatic rings. The highest BCUT2D eigenvalue weighted by Gasteiger charge is 2.14. The third-order valence-corrected chi connectivity index (χ3v) is 5.43. The summed E-state index contributed by atoms with van der Waals surface area (Å²) in [6, 6.07) is 4.87. The van der Waals surface area contributed by atoms with Gasteiger partial charge in [-0.15, -0.1) is 11.3 Å². The first-order valence-corrected chi connectivity index (χ1v) is 7.88. The molecule has 0 bridgehead atoms. The molecule has 2 heterocycles. The Labute approximate surface area is 110 Å². The molecule has 0 amide bonds. The second-order valence-corrected chi connectivity index (χ2v) is 6.50. The number of thiophene rings is 1. The Bertz CT molecular complexity index is 489. The van der Waals surface area contributed by atoms with Crippen molar-refractivity contribution in [3.63, 3.8) is 0 Å². The molecule has 0 aromatic carbocycles. The average molecular weight is 264 g/mol. The molecule has 0 radical (unpaired) electrons. The van der Waals surface area contributed by atoms with Gasteiger partial charge >= 0.3 is 0 Å². The second-order valence-electron chi connectivity index (χ2n) is 4.51. The van der Waals surface area contributed by atoms with Gasteiger partial charge < -0.3 is 0 Å². The normalized spacial score (nSPS) is 17.6. The van der Waals surface area contributed by atoms with Gasteiger partial charge in [-0.05, 0) is 36.9 Å². The van der Waals surface area contributed by atoms with Crippen LogP contribution in [0.25, 0.3) is 10.9 Å². The summed E-state index contributed by atoms with van der Waals surface area (Å²) in [4.78, 5) is 4.37. The lowest BCUT2D eigenvalue weighted by atomic mass is 9.96. The van der Waals surface area contributed by atoms with E-state index in [2.05, 4.69) is 21.2 Å². The summed E-state index contributed by atoms with van der Waals surface area (Å²) in [5.41, 5.74) is 1.12. The van der Waals surface area contributed by atoms with Gasteiger partial charge in [0.15, 0.2) is 0 Å². The largest absolute Gasteiger partial charge is 0.256 e. The number of nitrogens with zero attached hydrogens (tertiary/aromatic N) is 1. The summed E-state index contributed by atoms with van der Waals surface area (Å²) >= 11 is 3.58. The highest BCUT2D eigenvalue weighted by molar-refractivity contribution is 7.99. The average Bonchev–Trinajstić information content (AvgIpc) is 2.81. The first-order valence-electron chi connectivity index (χ1n) is 6.18. The van der Waals surface area contributed by atoms with Crippen molar-refractivity contribution in [2.45, 2.75) is 42.4 Å². The van der Waals surface area contributed by atoms with E-state index in [0.29, 0.717) is 6.04 Å². The van der Waals surface area contributed by atoms with Crippen LogP contribution in [0, 0.1) is 0 Å². The van der Waals surface area contributed by atoms with Crippen LogP contribution >= 0.6 is 23.3 Å². The maximum Gasteiger partial charge on any atom is 0.0846 e. The van der Waals surface area contributed by atoms with Gasteiger partial charge in [0, 0.05) is 23.0 Å². The van der Waals surface area contributed by atoms with Gasteiger partial charge in [0.05, 0.1) is 9.73 Å². The standard InChI is InChI=1S/C13H16N2S2/c1-2-5-10(6-3-1)15-17-13-11-7-4-8-14-12(11)9-16-13/h4,7-10,15H,1-3,5-6H2. The molecule has 1 aliphatic rings. The van der Waals surface area contributed by atoms with Crippen molar-refractivity contribution in [1.29, 1.82) is 0 Å². The topological polar surface area (TPSA) is 24.9 Å². The zero-order valence-electron chi connectivity index (χ0n) is 9.69. The maximum atomic E-state index is 4.37. The molecular weight excluding hydrogens is 248 g/mol. The van der Waals surface area contributed by atoms with Crippen LogP contribution in [-0.2, 0) is 0 Å². The monoisotopic (exact) mass is 264 g/mol. The van der Waals surface area contributed by atoms with E-state index in [1.54, 1.807) is 23.3 Å². The molecule has 0 spiro atoms. The van der Waals surface area contributed by atoms with Gasteiger partial charge in [-0.3, -0.25) is 9.71 Å². The fraction of sp³-hybridized carbons (Fsp3) is 0.462. The van der Waals surface area contributed by atoms with E-state index in [1.807, 2.05) is 12.3 Å². The number of pyridine rings is 1. The van der Waals surface area contributed by atoms with Gasteiger partial charge in [0.25, 0.3) is 0 Å². The smallest absolute Gasteiger partial charge is 0.0846 e. The first kappa shape index (κ1) is 11.5. The van der Waals surface area contributed by atoms with E-state index in [4.69, 9.17) is 0 Å². The summed E-state index contributed by atoms with van der Waals surface area (Å²) in [5, 5.41) is 3.42. The fourth-order valence-electron chi connectivity index (χ4n) is 2.29. The fourth-order valence-corrected chi connectivity index (χ4v) is 4.27. The molecule has 0 saturated heterocycles. The molecule has 2 nitrogen and oxygen atoms in total. The van der Waals surface area contributed by atoms with Gasteiger partial charge in [0.1, 0.15) is 0 Å². The minimum absolute atomic E-state index is 0.697. The van der Waals surface area contributed by atoms with Crippen molar-refractivity contribution in [1.82, 2.24) is 9.71 Å². The van der Waals surface area contributed by atoms with Gasteiger partial charge in [-0.25, -0.2) is 0 Å². The number of nitrogens with one attached hydrogen (secondary N) is 1. The summed E-state index contributed by atoms with van der Waals surface area (Å²) in [5.74, 6) is 0. The Balaban J connectivity index is 1.68. The van der Waals surface area contributed by atoms with E-state index in [0.717, 1.165) is 5.52 Å². The first-order chi connectivity index (χ1) is 8.43. The van der Waals surface area contributed by atoms with Crippen LogP contribution in [0.2, 0.25) is 0 Å². The van der Waals surface area contributed by atoms with Gasteiger partial charge in [-0.2, -0.15) is 0 Å². The van der Waals surface area contributed by atoms with Crippen molar-refractivity contribution >= 4 is 34.2 Å². The van der Waals surface area contributed by atoms with E-state index >= 15 is 0 Å². The van der Waals surface area contributed by atoms with Gasteiger partial charge in [-0.1, -0.05) is 19.3 Å². The highest BCUT2D eigenvalue weighted by Crippen LogP contribution is 2.32. The molecule has 17 heavy (non-hydrogen) atoms. The van der Waals surface area contributed by atoms with Crippen LogP contribution in [0.3, 0.4) is 0 Å². The van der Waals surface area contributed by atoms with Crippen LogP contribution < -0.4 is 4.72 Å². The van der Waals surface area contributed by atoms with Crippen molar-refractivity contribution < 1.29 is 0 Å². The lowest BCUT2D eigenvalue weighted by Crippen LogP contribution is -2.25. The Morgan fingerprint density at radius 1 is 1.29 bits per heavy atom. The lowest BCUT2D eigenvalue weighted by molar-refractivity contribution is 0.423. The van der Waals surface area contributed by atoms with Crippen molar-refractivity contribution in [3.05, 3.63) is 23.7 Å². The number of fused-ring (bicyclic) bond motifs is 1. The number of hydrogen-bond acceptors (Lipinski definition) is 4. The number of aromatic nitrogens is 1. The highest BCUT2D eigenvalue weighted by atomic mass is 32.2. The summed E-state index contributed by atoms with van der Waals surface area (Å²) in [7, 11) is 0. The predicted octanol–water partition coefficient (Wildman–Crippen LogP) is 4.23. The third kappa shape index (κ3) is 2.64. The molecule has 2 aromatic heterocycles. The molecule has 1 aliphatic carbocycles. The van der Waals surface area contributed by atoms with E-state index < -0.39 is 0 Å². The van der Waals surface area contributed by atoms with E-state index in [9.17, 15) is 0 Å². The van der Waals surface area contributed by atoms with Crippen molar-refractivity contribution in [3.8, 4) is 0 Å². The van der Waals surface area contributed by atoms with Gasteiger partial charge in [0.2, 0.25) is 0 Å². The molecule has 1 fully saturated rings. The molecule has 0 unspecified atom stereocenters. The Morgan fingerprint density at radius 3 is 3.06 bits per heavy atom. The summed E-state index contributed by atoms with van der Waals surface area (Å²) in [6.45, 7) is 0. The molecule has 4 heteroatoms. The Hall–Kier alpha value is -0.580. The van der Waals surface area contributed by atoms with Crippen LogP contribution in [-0.4, -0.2) is 11.0 Å². The van der Waals surface area contributed by atoms with Crippen molar-refractivity contribution in [2.75, 3.05) is 0 Å². The van der Waals surface area contributed by atoms with Crippen LogP contribution in [0.5, 0.6) is 0 Å². The Morgan fingerprint density at radius 2 is 2.18 bits per heavy atom. The SMILES string of the molecule is c1cnc2csc(SNC3CCCCC3)c2c1. The molecule has 0 aliphatic heterocycles. The van der Waals surface area contributed by atoms with Crippen LogP contribution in [0.15, 0.2) is 27.9 Å². The third-order valence-electron chi connectivity index (χ3n) is 3.26. The Kier molecular flexibility index (Phi) is 3.64. The van der Waals surface area contributed by atoms with Crippen molar-refractivity contribution in [2.24, 2.45) is 0 Å². The zero-order valence-corrected chi connectivity index (χ0v) is 11.3. The number of rotatable bonds is 3. The molecule has 90 valence electrons. The maximum absolute atomic E-state index is 4.37. The van der Waals surface area contributed by atoms with Crippen LogP contribution in [0.1, 0.15) is 32.1 Å². The number of hydrogen-bond donors (Lipinski definition) is 1. The predicted molar refractivity (Wildman–Crippen MR) is 75.5 cm³/mol. The van der Waals surface area contributed by atoms with E-state index in [1.165, 1.54) is 41.7 Å².